The lowest BCUT2D eigenvalue weighted by molar-refractivity contribution is 0.713. The molecule has 4 aromatic heterocycles. The minimum atomic E-state index is 0.321. The first-order valence-corrected chi connectivity index (χ1v) is 12.0. The van der Waals surface area contributed by atoms with Crippen molar-refractivity contribution in [1.29, 1.82) is 0 Å². The molecule has 0 aliphatic carbocycles. The Balaban J connectivity index is 1.45. The SMILES string of the molecule is C=C(NC1=CC(c2cc(Cc3cc4c(-c5cccnc5)cncc4[nH]3)c(N)cn2)=CCN=C1)C(C)C. The quantitative estimate of drug-likeness (QED) is 0.336. The zero-order valence-electron chi connectivity index (χ0n) is 20.5. The number of pyridine rings is 3. The average molecular weight is 476 g/mol. The summed E-state index contributed by atoms with van der Waals surface area (Å²) in [5.41, 5.74) is 15.8. The number of nitrogen functional groups attached to an aromatic ring is 1. The molecule has 0 saturated heterocycles. The Morgan fingerprint density at radius 3 is 2.86 bits per heavy atom. The fourth-order valence-electron chi connectivity index (χ4n) is 4.12. The van der Waals surface area contributed by atoms with E-state index in [1.54, 1.807) is 12.4 Å². The number of hydrogen-bond donors (Lipinski definition) is 3. The number of nitrogens with one attached hydrogen (secondary N) is 2. The van der Waals surface area contributed by atoms with Crippen LogP contribution >= 0.6 is 0 Å². The second-order valence-corrected chi connectivity index (χ2v) is 9.19. The Morgan fingerprint density at radius 2 is 2.06 bits per heavy atom. The standard InChI is InChI=1S/C29H29N7/c1-18(2)19(3)35-24-9-20(6-8-32-14-24)28-11-22(27(30)16-34-28)10-23-12-25-26(15-33-17-29(25)36-23)21-5-4-7-31-13-21/h4-7,9,11-18,35-36H,3,8,10,30H2,1-2H3. The molecule has 1 aliphatic heterocycles. The molecule has 4 aromatic rings. The average Bonchev–Trinajstić information content (AvgIpc) is 3.15. The molecule has 0 atom stereocenters. The van der Waals surface area contributed by atoms with Gasteiger partial charge < -0.3 is 16.0 Å². The molecule has 5 rings (SSSR count). The molecule has 4 N–H and O–H groups in total. The predicted octanol–water partition coefficient (Wildman–Crippen LogP) is 5.30. The van der Waals surface area contributed by atoms with Crippen molar-refractivity contribution >= 4 is 28.4 Å². The molecule has 0 bridgehead atoms. The van der Waals surface area contributed by atoms with Crippen LogP contribution in [0.25, 0.3) is 27.6 Å². The molecule has 7 nitrogen and oxygen atoms in total. The Labute approximate surface area is 210 Å². The molecule has 0 radical (unpaired) electrons. The predicted molar refractivity (Wildman–Crippen MR) is 147 cm³/mol. The number of nitrogens with zero attached hydrogens (tertiary/aromatic N) is 4. The second kappa shape index (κ2) is 10.00. The highest BCUT2D eigenvalue weighted by Crippen LogP contribution is 2.29. The van der Waals surface area contributed by atoms with Crippen LogP contribution in [-0.4, -0.2) is 32.7 Å². The third-order valence-corrected chi connectivity index (χ3v) is 6.23. The monoisotopic (exact) mass is 475 g/mol. The summed E-state index contributed by atoms with van der Waals surface area (Å²) in [5.74, 6) is 0.321. The van der Waals surface area contributed by atoms with E-state index in [1.807, 2.05) is 36.9 Å². The van der Waals surface area contributed by atoms with Crippen molar-refractivity contribution < 1.29 is 0 Å². The molecular weight excluding hydrogens is 446 g/mol. The third kappa shape index (κ3) is 4.95. The molecule has 5 heterocycles. The molecule has 0 amide bonds. The Bertz CT molecular complexity index is 1510. The molecule has 180 valence electrons. The number of anilines is 1. The lowest BCUT2D eigenvalue weighted by Crippen LogP contribution is -2.16. The first-order valence-electron chi connectivity index (χ1n) is 12.0. The number of fused-ring (bicyclic) bond motifs is 1. The van der Waals surface area contributed by atoms with Crippen molar-refractivity contribution in [2.45, 2.75) is 20.3 Å². The van der Waals surface area contributed by atoms with E-state index in [0.29, 0.717) is 24.6 Å². The molecular formula is C29H29N7. The summed E-state index contributed by atoms with van der Waals surface area (Å²) in [5, 5.41) is 4.47. The smallest absolute Gasteiger partial charge is 0.0704 e. The van der Waals surface area contributed by atoms with Crippen molar-refractivity contribution in [3.05, 3.63) is 102 Å². The van der Waals surface area contributed by atoms with E-state index in [0.717, 1.165) is 55.9 Å². The number of rotatable bonds is 7. The van der Waals surface area contributed by atoms with Gasteiger partial charge in [0, 0.05) is 64.7 Å². The highest BCUT2D eigenvalue weighted by atomic mass is 14.9. The van der Waals surface area contributed by atoms with Crippen molar-refractivity contribution in [3.8, 4) is 11.1 Å². The maximum absolute atomic E-state index is 6.36. The van der Waals surface area contributed by atoms with Crippen LogP contribution in [0.5, 0.6) is 0 Å². The van der Waals surface area contributed by atoms with Gasteiger partial charge in [0.2, 0.25) is 0 Å². The van der Waals surface area contributed by atoms with Gasteiger partial charge in [-0.15, -0.1) is 0 Å². The molecule has 0 saturated carbocycles. The summed E-state index contributed by atoms with van der Waals surface area (Å²) in [4.78, 5) is 21.3. The van der Waals surface area contributed by atoms with Crippen LogP contribution in [0, 0.1) is 5.92 Å². The number of aromatic amines is 1. The van der Waals surface area contributed by atoms with E-state index in [1.165, 1.54) is 0 Å². The van der Waals surface area contributed by atoms with Gasteiger partial charge >= 0.3 is 0 Å². The van der Waals surface area contributed by atoms with E-state index in [-0.39, 0.29) is 0 Å². The van der Waals surface area contributed by atoms with Gasteiger partial charge in [-0.2, -0.15) is 0 Å². The number of aliphatic imine (C=N–C) groups is 1. The number of hydrogen-bond acceptors (Lipinski definition) is 6. The van der Waals surface area contributed by atoms with Crippen LogP contribution < -0.4 is 11.1 Å². The molecule has 0 fully saturated rings. The Morgan fingerprint density at radius 1 is 1.17 bits per heavy atom. The van der Waals surface area contributed by atoms with Crippen molar-refractivity contribution in [2.24, 2.45) is 10.9 Å². The molecule has 7 heteroatoms. The van der Waals surface area contributed by atoms with E-state index in [2.05, 4.69) is 75.0 Å². The largest absolute Gasteiger partial charge is 0.397 e. The van der Waals surface area contributed by atoms with Gasteiger partial charge in [-0.1, -0.05) is 32.6 Å². The third-order valence-electron chi connectivity index (χ3n) is 6.23. The number of allylic oxidation sites excluding steroid dienone is 4. The summed E-state index contributed by atoms with van der Waals surface area (Å²) < 4.78 is 0. The molecule has 0 aromatic carbocycles. The van der Waals surface area contributed by atoms with Gasteiger partial charge in [0.25, 0.3) is 0 Å². The van der Waals surface area contributed by atoms with E-state index in [9.17, 15) is 0 Å². The zero-order chi connectivity index (χ0) is 25.1. The molecule has 36 heavy (non-hydrogen) atoms. The van der Waals surface area contributed by atoms with Gasteiger partial charge in [-0.3, -0.25) is 19.9 Å². The lowest BCUT2D eigenvalue weighted by Gasteiger charge is -2.13. The van der Waals surface area contributed by atoms with E-state index >= 15 is 0 Å². The number of nitrogens with two attached hydrogens (primary N) is 1. The minimum absolute atomic E-state index is 0.321. The summed E-state index contributed by atoms with van der Waals surface area (Å²) in [6.45, 7) is 8.91. The summed E-state index contributed by atoms with van der Waals surface area (Å²) >= 11 is 0. The van der Waals surface area contributed by atoms with Crippen LogP contribution in [-0.2, 0) is 6.42 Å². The first-order chi connectivity index (χ1) is 17.5. The highest BCUT2D eigenvalue weighted by molar-refractivity contribution is 5.94. The van der Waals surface area contributed by atoms with Gasteiger partial charge in [-0.05, 0) is 35.8 Å². The van der Waals surface area contributed by atoms with Crippen LogP contribution in [0.4, 0.5) is 5.69 Å². The van der Waals surface area contributed by atoms with Crippen LogP contribution in [0.1, 0.15) is 30.8 Å². The van der Waals surface area contributed by atoms with E-state index in [4.69, 9.17) is 5.73 Å². The molecule has 0 unspecified atom stereocenters. The minimum Gasteiger partial charge on any atom is -0.397 e. The Kier molecular flexibility index (Phi) is 6.45. The van der Waals surface area contributed by atoms with E-state index < -0.39 is 0 Å². The fraction of sp³-hybridized carbons (Fsp3) is 0.172. The van der Waals surface area contributed by atoms with Gasteiger partial charge in [-0.25, -0.2) is 0 Å². The molecule has 0 spiro atoms. The normalized spacial score (nSPS) is 13.4. The van der Waals surface area contributed by atoms with Crippen LogP contribution in [0.3, 0.4) is 0 Å². The zero-order valence-corrected chi connectivity index (χ0v) is 20.5. The van der Waals surface area contributed by atoms with Gasteiger partial charge in [0.05, 0.1) is 41.5 Å². The van der Waals surface area contributed by atoms with Gasteiger partial charge in [0.1, 0.15) is 0 Å². The topological polar surface area (TPSA) is 105 Å². The van der Waals surface area contributed by atoms with Crippen molar-refractivity contribution in [2.75, 3.05) is 12.3 Å². The summed E-state index contributed by atoms with van der Waals surface area (Å²) in [6.07, 6.45) is 15.7. The molecule has 1 aliphatic rings. The van der Waals surface area contributed by atoms with Crippen LogP contribution in [0.15, 0.2) is 90.4 Å². The highest BCUT2D eigenvalue weighted by Gasteiger charge is 2.13. The fourth-order valence-corrected chi connectivity index (χ4v) is 4.12. The second-order valence-electron chi connectivity index (χ2n) is 9.19. The first kappa shape index (κ1) is 23.2. The lowest BCUT2D eigenvalue weighted by atomic mass is 10.0. The summed E-state index contributed by atoms with van der Waals surface area (Å²) in [7, 11) is 0. The number of aromatic nitrogens is 4. The summed E-state index contributed by atoms with van der Waals surface area (Å²) in [6, 6.07) is 8.20. The van der Waals surface area contributed by atoms with Crippen LogP contribution in [0.2, 0.25) is 0 Å². The maximum Gasteiger partial charge on any atom is 0.0704 e. The van der Waals surface area contributed by atoms with Crippen molar-refractivity contribution in [1.82, 2.24) is 25.3 Å². The van der Waals surface area contributed by atoms with Gasteiger partial charge in [0.15, 0.2) is 0 Å². The van der Waals surface area contributed by atoms with Crippen molar-refractivity contribution in [3.63, 3.8) is 0 Å². The maximum atomic E-state index is 6.36. The Hall–Kier alpha value is -4.52. The number of H-pyrrole nitrogens is 1.